The van der Waals surface area contributed by atoms with Crippen molar-refractivity contribution in [3.63, 3.8) is 0 Å². The van der Waals surface area contributed by atoms with E-state index in [0.29, 0.717) is 17.8 Å². The first-order valence-corrected chi connectivity index (χ1v) is 6.77. The highest BCUT2D eigenvalue weighted by molar-refractivity contribution is 9.10. The van der Waals surface area contributed by atoms with Crippen molar-refractivity contribution in [1.82, 2.24) is 5.32 Å². The fraction of sp³-hybridized carbons (Fsp3) is 0.462. The average molecular weight is 299 g/mol. The topological polar surface area (TPSA) is 55.1 Å². The summed E-state index contributed by atoms with van der Waals surface area (Å²) >= 11 is 3.31. The molecule has 0 spiro atoms. The number of nitrogen functional groups attached to an aromatic ring is 1. The zero-order valence-corrected chi connectivity index (χ0v) is 11.7. The Kier molecular flexibility index (Phi) is 6.05. The van der Waals surface area contributed by atoms with Crippen molar-refractivity contribution in [2.45, 2.75) is 32.6 Å². The number of nitrogens with one attached hydrogen (secondary N) is 1. The van der Waals surface area contributed by atoms with Crippen LogP contribution in [0.4, 0.5) is 5.69 Å². The summed E-state index contributed by atoms with van der Waals surface area (Å²) < 4.78 is 0.884. The number of benzene rings is 1. The summed E-state index contributed by atoms with van der Waals surface area (Å²) in [6, 6.07) is 5.30. The van der Waals surface area contributed by atoms with Gasteiger partial charge in [-0.1, -0.05) is 42.1 Å². The van der Waals surface area contributed by atoms with Crippen LogP contribution in [0.1, 0.15) is 43.0 Å². The maximum atomic E-state index is 11.8. The minimum Gasteiger partial charge on any atom is -0.398 e. The lowest BCUT2D eigenvalue weighted by molar-refractivity contribution is 0.0954. The zero-order valence-electron chi connectivity index (χ0n) is 10.1. The standard InChI is InChI=1S/C13H19BrN2O/c1-2-3-4-5-8-16-13(17)11-7-6-10(14)9-12(11)15/h6-7,9H,2-5,8,15H2,1H3,(H,16,17). The van der Waals surface area contributed by atoms with Crippen molar-refractivity contribution in [1.29, 1.82) is 0 Å². The summed E-state index contributed by atoms with van der Waals surface area (Å²) in [6.07, 6.45) is 4.60. The van der Waals surface area contributed by atoms with Crippen LogP contribution in [-0.2, 0) is 0 Å². The fourth-order valence-electron chi connectivity index (χ4n) is 1.59. The minimum absolute atomic E-state index is 0.0912. The van der Waals surface area contributed by atoms with Crippen LogP contribution in [0.15, 0.2) is 22.7 Å². The number of amides is 1. The van der Waals surface area contributed by atoms with Crippen molar-refractivity contribution in [2.24, 2.45) is 0 Å². The number of nitrogens with two attached hydrogens (primary N) is 1. The monoisotopic (exact) mass is 298 g/mol. The van der Waals surface area contributed by atoms with E-state index in [0.717, 1.165) is 17.3 Å². The first kappa shape index (κ1) is 14.0. The van der Waals surface area contributed by atoms with Crippen LogP contribution in [-0.4, -0.2) is 12.5 Å². The Morgan fingerprint density at radius 2 is 2.12 bits per heavy atom. The van der Waals surface area contributed by atoms with Gasteiger partial charge in [-0.25, -0.2) is 0 Å². The van der Waals surface area contributed by atoms with E-state index in [2.05, 4.69) is 28.2 Å². The Morgan fingerprint density at radius 1 is 1.35 bits per heavy atom. The molecule has 0 heterocycles. The molecule has 0 aliphatic heterocycles. The van der Waals surface area contributed by atoms with Gasteiger partial charge in [0.15, 0.2) is 0 Å². The van der Waals surface area contributed by atoms with Crippen LogP contribution < -0.4 is 11.1 Å². The molecule has 0 saturated carbocycles. The van der Waals surface area contributed by atoms with E-state index in [1.54, 1.807) is 12.1 Å². The molecule has 1 amide bonds. The Balaban J connectivity index is 2.42. The van der Waals surface area contributed by atoms with E-state index in [1.807, 2.05) is 6.07 Å². The van der Waals surface area contributed by atoms with E-state index >= 15 is 0 Å². The summed E-state index contributed by atoms with van der Waals surface area (Å²) in [6.45, 7) is 2.88. The molecule has 0 aliphatic carbocycles. The fourth-order valence-corrected chi connectivity index (χ4v) is 1.97. The third-order valence-electron chi connectivity index (χ3n) is 2.57. The van der Waals surface area contributed by atoms with Crippen LogP contribution in [0, 0.1) is 0 Å². The van der Waals surface area contributed by atoms with E-state index in [4.69, 9.17) is 5.73 Å². The zero-order chi connectivity index (χ0) is 12.7. The van der Waals surface area contributed by atoms with Gasteiger partial charge >= 0.3 is 0 Å². The van der Waals surface area contributed by atoms with Gasteiger partial charge < -0.3 is 11.1 Å². The predicted molar refractivity (Wildman–Crippen MR) is 75.0 cm³/mol. The molecule has 17 heavy (non-hydrogen) atoms. The van der Waals surface area contributed by atoms with Gasteiger partial charge in [0.1, 0.15) is 0 Å². The molecular weight excluding hydrogens is 280 g/mol. The van der Waals surface area contributed by atoms with Crippen LogP contribution in [0.3, 0.4) is 0 Å². The van der Waals surface area contributed by atoms with Gasteiger partial charge in [-0.3, -0.25) is 4.79 Å². The van der Waals surface area contributed by atoms with Crippen LogP contribution >= 0.6 is 15.9 Å². The Labute approximate surface area is 111 Å². The van der Waals surface area contributed by atoms with E-state index in [1.165, 1.54) is 12.8 Å². The van der Waals surface area contributed by atoms with Gasteiger partial charge in [0, 0.05) is 16.7 Å². The number of carbonyl (C=O) groups excluding carboxylic acids is 1. The normalized spacial score (nSPS) is 10.2. The number of rotatable bonds is 6. The molecule has 0 saturated heterocycles. The minimum atomic E-state index is -0.0912. The second kappa shape index (κ2) is 7.33. The largest absolute Gasteiger partial charge is 0.398 e. The number of anilines is 1. The van der Waals surface area contributed by atoms with Gasteiger partial charge in [0.25, 0.3) is 5.91 Å². The Morgan fingerprint density at radius 3 is 2.76 bits per heavy atom. The SMILES string of the molecule is CCCCCCNC(=O)c1ccc(Br)cc1N. The summed E-state index contributed by atoms with van der Waals surface area (Å²) in [5, 5.41) is 2.88. The van der Waals surface area contributed by atoms with Crippen molar-refractivity contribution in [3.05, 3.63) is 28.2 Å². The van der Waals surface area contributed by atoms with E-state index in [-0.39, 0.29) is 5.91 Å². The number of unbranched alkanes of at least 4 members (excludes halogenated alkanes) is 3. The number of hydrogen-bond acceptors (Lipinski definition) is 2. The number of halogens is 1. The molecule has 1 aromatic carbocycles. The lowest BCUT2D eigenvalue weighted by Gasteiger charge is -2.07. The predicted octanol–water partition coefficient (Wildman–Crippen LogP) is 3.34. The third-order valence-corrected chi connectivity index (χ3v) is 3.07. The highest BCUT2D eigenvalue weighted by Gasteiger charge is 2.08. The molecular formula is C13H19BrN2O. The summed E-state index contributed by atoms with van der Waals surface area (Å²) in [7, 11) is 0. The van der Waals surface area contributed by atoms with Crippen molar-refractivity contribution in [2.75, 3.05) is 12.3 Å². The third kappa shape index (κ3) is 4.77. The van der Waals surface area contributed by atoms with Crippen molar-refractivity contribution < 1.29 is 4.79 Å². The lowest BCUT2D eigenvalue weighted by atomic mass is 10.1. The number of hydrogen-bond donors (Lipinski definition) is 2. The maximum Gasteiger partial charge on any atom is 0.253 e. The van der Waals surface area contributed by atoms with Crippen molar-refractivity contribution in [3.8, 4) is 0 Å². The molecule has 0 atom stereocenters. The highest BCUT2D eigenvalue weighted by Crippen LogP contribution is 2.18. The lowest BCUT2D eigenvalue weighted by Crippen LogP contribution is -2.25. The molecule has 0 unspecified atom stereocenters. The quantitative estimate of drug-likeness (QED) is 0.625. The van der Waals surface area contributed by atoms with Gasteiger partial charge in [-0.15, -0.1) is 0 Å². The molecule has 1 rings (SSSR count). The summed E-state index contributed by atoms with van der Waals surface area (Å²) in [5.74, 6) is -0.0912. The van der Waals surface area contributed by atoms with Gasteiger partial charge in [-0.2, -0.15) is 0 Å². The second-order valence-corrected chi connectivity index (χ2v) is 4.96. The van der Waals surface area contributed by atoms with Crippen LogP contribution in [0.5, 0.6) is 0 Å². The molecule has 0 radical (unpaired) electrons. The molecule has 4 heteroatoms. The molecule has 3 N–H and O–H groups in total. The smallest absolute Gasteiger partial charge is 0.253 e. The first-order chi connectivity index (χ1) is 8.15. The molecule has 3 nitrogen and oxygen atoms in total. The second-order valence-electron chi connectivity index (χ2n) is 4.05. The van der Waals surface area contributed by atoms with Crippen LogP contribution in [0.25, 0.3) is 0 Å². The van der Waals surface area contributed by atoms with Crippen LogP contribution in [0.2, 0.25) is 0 Å². The highest BCUT2D eigenvalue weighted by atomic mass is 79.9. The maximum absolute atomic E-state index is 11.8. The molecule has 1 aromatic rings. The molecule has 0 fully saturated rings. The summed E-state index contributed by atoms with van der Waals surface area (Å²) in [4.78, 5) is 11.8. The Bertz CT molecular complexity index is 380. The van der Waals surface area contributed by atoms with E-state index in [9.17, 15) is 4.79 Å². The molecule has 0 aromatic heterocycles. The summed E-state index contributed by atoms with van der Waals surface area (Å²) in [5.41, 5.74) is 6.83. The molecule has 0 bridgehead atoms. The van der Waals surface area contributed by atoms with E-state index < -0.39 is 0 Å². The Hall–Kier alpha value is -1.03. The van der Waals surface area contributed by atoms with Gasteiger partial charge in [-0.05, 0) is 24.6 Å². The molecule has 0 aliphatic rings. The average Bonchev–Trinajstić information content (AvgIpc) is 2.28. The number of carbonyl (C=O) groups is 1. The van der Waals surface area contributed by atoms with Gasteiger partial charge in [0.05, 0.1) is 5.56 Å². The molecule has 94 valence electrons. The first-order valence-electron chi connectivity index (χ1n) is 5.98. The van der Waals surface area contributed by atoms with Gasteiger partial charge in [0.2, 0.25) is 0 Å². The van der Waals surface area contributed by atoms with Crippen molar-refractivity contribution >= 4 is 27.5 Å².